The summed E-state index contributed by atoms with van der Waals surface area (Å²) in [6.45, 7) is 0.751. The first-order valence-electron chi connectivity index (χ1n) is 10.8. The van der Waals surface area contributed by atoms with E-state index in [-0.39, 0.29) is 18.6 Å². The van der Waals surface area contributed by atoms with Gasteiger partial charge in [-0.15, -0.1) is 0 Å². The van der Waals surface area contributed by atoms with Crippen molar-refractivity contribution in [2.45, 2.75) is 6.10 Å². The van der Waals surface area contributed by atoms with Gasteiger partial charge in [0.05, 0.1) is 13.7 Å². The monoisotopic (exact) mass is 440 g/mol. The number of carbonyl (C=O) groups is 1. The van der Waals surface area contributed by atoms with Crippen molar-refractivity contribution >= 4 is 22.5 Å². The van der Waals surface area contributed by atoms with Gasteiger partial charge in [-0.25, -0.2) is 0 Å². The predicted molar refractivity (Wildman–Crippen MR) is 128 cm³/mol. The Labute approximate surface area is 192 Å². The fraction of sp³-hybridized carbons (Fsp3) is 0.185. The molecule has 0 aliphatic carbocycles. The van der Waals surface area contributed by atoms with Crippen LogP contribution in [0.25, 0.3) is 22.0 Å². The van der Waals surface area contributed by atoms with Crippen LogP contribution in [0, 0.1) is 0 Å². The van der Waals surface area contributed by atoms with Crippen molar-refractivity contribution in [1.29, 1.82) is 0 Å². The molecular weight excluding hydrogens is 416 g/mol. The summed E-state index contributed by atoms with van der Waals surface area (Å²) in [5.41, 5.74) is 3.86. The third-order valence-corrected chi connectivity index (χ3v) is 5.76. The molecule has 0 N–H and O–H groups in total. The van der Waals surface area contributed by atoms with E-state index in [9.17, 15) is 4.79 Å². The second-order valence-corrected chi connectivity index (χ2v) is 7.82. The fourth-order valence-electron chi connectivity index (χ4n) is 4.05. The number of carbonyl (C=O) groups excluding carboxylic acids is 1. The molecule has 1 unspecified atom stereocenters. The quantitative estimate of drug-likeness (QED) is 0.434. The van der Waals surface area contributed by atoms with Crippen LogP contribution >= 0.6 is 0 Å². The molecule has 6 heteroatoms. The first kappa shape index (κ1) is 21.0. The highest BCUT2D eigenvalue weighted by Crippen LogP contribution is 2.33. The lowest BCUT2D eigenvalue weighted by Crippen LogP contribution is -2.48. The van der Waals surface area contributed by atoms with E-state index in [1.165, 1.54) is 0 Å². The summed E-state index contributed by atoms with van der Waals surface area (Å²) in [6.07, 6.45) is 1.52. The van der Waals surface area contributed by atoms with Gasteiger partial charge < -0.3 is 19.1 Å². The van der Waals surface area contributed by atoms with E-state index in [4.69, 9.17) is 14.2 Å². The second kappa shape index (κ2) is 9.30. The first-order valence-corrected chi connectivity index (χ1v) is 10.8. The molecule has 0 bridgehead atoms. The van der Waals surface area contributed by atoms with Gasteiger partial charge in [-0.2, -0.15) is 0 Å². The van der Waals surface area contributed by atoms with Crippen LogP contribution in [0.5, 0.6) is 11.5 Å². The summed E-state index contributed by atoms with van der Waals surface area (Å²) in [6, 6.07) is 25.7. The molecule has 0 saturated carbocycles. The highest BCUT2D eigenvalue weighted by molar-refractivity contribution is 5.98. The number of fused-ring (bicyclic) bond motifs is 1. The molecular formula is C27H24N2O4. The van der Waals surface area contributed by atoms with Crippen LogP contribution in [0.1, 0.15) is 0 Å². The maximum Gasteiger partial charge on any atom is 0.253 e. The first-order chi connectivity index (χ1) is 16.2. The van der Waals surface area contributed by atoms with Gasteiger partial charge >= 0.3 is 0 Å². The number of ether oxygens (including phenoxy) is 3. The van der Waals surface area contributed by atoms with Crippen LogP contribution in [0.15, 0.2) is 85.1 Å². The largest absolute Gasteiger partial charge is 0.497 e. The molecule has 0 radical (unpaired) electrons. The lowest BCUT2D eigenvalue weighted by molar-refractivity contribution is -0.130. The maximum atomic E-state index is 12.4. The van der Waals surface area contributed by atoms with Crippen molar-refractivity contribution in [2.24, 2.45) is 0 Å². The Bertz CT molecular complexity index is 1260. The van der Waals surface area contributed by atoms with E-state index < -0.39 is 0 Å². The third-order valence-electron chi connectivity index (χ3n) is 5.76. The average molecular weight is 440 g/mol. The van der Waals surface area contributed by atoms with Gasteiger partial charge in [0, 0.05) is 17.3 Å². The van der Waals surface area contributed by atoms with Crippen molar-refractivity contribution in [3.8, 4) is 22.6 Å². The van der Waals surface area contributed by atoms with Crippen molar-refractivity contribution < 1.29 is 19.0 Å². The number of amides is 1. The Morgan fingerprint density at radius 2 is 1.82 bits per heavy atom. The average Bonchev–Trinajstić information content (AvgIpc) is 2.88. The number of aromatic nitrogens is 1. The summed E-state index contributed by atoms with van der Waals surface area (Å²) in [7, 11) is 1.62. The highest BCUT2D eigenvalue weighted by atomic mass is 16.5. The van der Waals surface area contributed by atoms with Crippen molar-refractivity contribution in [3.05, 3.63) is 85.1 Å². The van der Waals surface area contributed by atoms with Gasteiger partial charge in [0.15, 0.2) is 0 Å². The smallest absolute Gasteiger partial charge is 0.253 e. The number of rotatable bonds is 6. The number of pyridine rings is 1. The van der Waals surface area contributed by atoms with E-state index in [2.05, 4.69) is 29.2 Å². The fourth-order valence-corrected chi connectivity index (χ4v) is 4.05. The minimum Gasteiger partial charge on any atom is -0.497 e. The van der Waals surface area contributed by atoms with Gasteiger partial charge in [0.1, 0.15) is 36.3 Å². The number of morpholine rings is 1. The van der Waals surface area contributed by atoms with Gasteiger partial charge in [0.25, 0.3) is 5.91 Å². The summed E-state index contributed by atoms with van der Waals surface area (Å²) >= 11 is 0. The summed E-state index contributed by atoms with van der Waals surface area (Å²) in [5, 5.41) is 1.03. The normalized spacial score (nSPS) is 16.1. The number of methoxy groups -OCH3 is 1. The number of hydrogen-bond acceptors (Lipinski definition) is 5. The van der Waals surface area contributed by atoms with Crippen molar-refractivity contribution in [3.63, 3.8) is 0 Å². The molecule has 3 aromatic carbocycles. The van der Waals surface area contributed by atoms with Crippen LogP contribution in [0.3, 0.4) is 0 Å². The predicted octanol–water partition coefficient (Wildman–Crippen LogP) is 4.72. The van der Waals surface area contributed by atoms with Crippen molar-refractivity contribution in [1.82, 2.24) is 4.98 Å². The van der Waals surface area contributed by atoms with E-state index >= 15 is 0 Å². The van der Waals surface area contributed by atoms with Gasteiger partial charge in [0.2, 0.25) is 0 Å². The third kappa shape index (κ3) is 4.38. The molecule has 1 aliphatic heterocycles. The molecule has 1 aromatic heterocycles. The van der Waals surface area contributed by atoms with E-state index in [1.54, 1.807) is 18.2 Å². The van der Waals surface area contributed by atoms with E-state index in [0.717, 1.165) is 33.5 Å². The molecule has 0 spiro atoms. The van der Waals surface area contributed by atoms with E-state index in [1.807, 2.05) is 54.6 Å². The lowest BCUT2D eigenvalue weighted by Gasteiger charge is -2.32. The summed E-state index contributed by atoms with van der Waals surface area (Å²) in [5.74, 6) is 1.37. The molecule has 4 aromatic rings. The van der Waals surface area contributed by atoms with E-state index in [0.29, 0.717) is 18.9 Å². The number of anilines is 1. The van der Waals surface area contributed by atoms with Crippen LogP contribution < -0.4 is 14.4 Å². The number of benzene rings is 3. The summed E-state index contributed by atoms with van der Waals surface area (Å²) < 4.78 is 17.1. The van der Waals surface area contributed by atoms with Gasteiger partial charge in [-0.3, -0.25) is 9.78 Å². The Hall–Kier alpha value is -3.90. The van der Waals surface area contributed by atoms with Gasteiger partial charge in [-0.1, -0.05) is 36.4 Å². The van der Waals surface area contributed by atoms with Crippen LogP contribution in [-0.4, -0.2) is 43.9 Å². The molecule has 2 heterocycles. The molecule has 33 heavy (non-hydrogen) atoms. The zero-order chi connectivity index (χ0) is 22.6. The highest BCUT2D eigenvalue weighted by Gasteiger charge is 2.28. The maximum absolute atomic E-state index is 12.4. The zero-order valence-corrected chi connectivity index (χ0v) is 18.3. The Kier molecular flexibility index (Phi) is 5.91. The molecule has 1 amide bonds. The Morgan fingerprint density at radius 3 is 2.61 bits per heavy atom. The SMILES string of the molecule is COc1ccc(N2CC(COc3ccc(-c4ccccc4)c4cccnc34)OCC2=O)cc1. The molecule has 1 saturated heterocycles. The van der Waals surface area contributed by atoms with Crippen LogP contribution in [0.2, 0.25) is 0 Å². The zero-order valence-electron chi connectivity index (χ0n) is 18.3. The molecule has 5 rings (SSSR count). The minimum absolute atomic E-state index is 0.0198. The molecule has 1 fully saturated rings. The minimum atomic E-state index is -0.252. The van der Waals surface area contributed by atoms with Gasteiger partial charge in [-0.05, 0) is 53.6 Å². The number of hydrogen-bond donors (Lipinski definition) is 0. The lowest BCUT2D eigenvalue weighted by atomic mass is 10.0. The standard InChI is InChI=1S/C27H24N2O4/c1-31-21-11-9-20(10-12-21)29-16-22(32-18-26(29)30)17-33-25-14-13-23(19-6-3-2-4-7-19)24-8-5-15-28-27(24)25/h2-15,22H,16-18H2,1H3. The molecule has 1 atom stereocenters. The molecule has 166 valence electrons. The molecule has 1 aliphatic rings. The topological polar surface area (TPSA) is 60.9 Å². The molecule has 6 nitrogen and oxygen atoms in total. The van der Waals surface area contributed by atoms with Crippen molar-refractivity contribution in [2.75, 3.05) is 31.8 Å². The van der Waals surface area contributed by atoms with Crippen LogP contribution in [0.4, 0.5) is 5.69 Å². The second-order valence-electron chi connectivity index (χ2n) is 7.82. The van der Waals surface area contributed by atoms with Crippen LogP contribution in [-0.2, 0) is 9.53 Å². The Morgan fingerprint density at radius 1 is 1.00 bits per heavy atom. The Balaban J connectivity index is 1.34. The summed E-state index contributed by atoms with van der Waals surface area (Å²) in [4.78, 5) is 18.7. The number of nitrogens with zero attached hydrogens (tertiary/aromatic N) is 2.